The van der Waals surface area contributed by atoms with Crippen LogP contribution in [-0.2, 0) is 13.0 Å². The number of likely N-dealkylation sites (tertiary alicyclic amines) is 1. The number of pyridine rings is 1. The van der Waals surface area contributed by atoms with Gasteiger partial charge in [0.15, 0.2) is 0 Å². The van der Waals surface area contributed by atoms with Crippen molar-refractivity contribution >= 4 is 23.2 Å². The summed E-state index contributed by atoms with van der Waals surface area (Å²) in [5.74, 6) is -0.737. The van der Waals surface area contributed by atoms with Crippen LogP contribution in [0.3, 0.4) is 0 Å². The number of amides is 2. The van der Waals surface area contributed by atoms with Gasteiger partial charge in [0.05, 0.1) is 18.2 Å². The number of hydrogen-bond donors (Lipinski definition) is 3. The van der Waals surface area contributed by atoms with Crippen LogP contribution in [0.25, 0.3) is 0 Å². The number of carbonyl (C=O) groups is 2. The van der Waals surface area contributed by atoms with E-state index in [0.29, 0.717) is 25.4 Å². The third-order valence-electron chi connectivity index (χ3n) is 8.40. The fraction of sp³-hybridized carbons (Fsp3) is 0.389. The summed E-state index contributed by atoms with van der Waals surface area (Å²) in [6.45, 7) is 7.18. The SMILES string of the molecule is Cc1csc(C2CCCN2C(=O)c2cc(C(=O)N[C@@H](Cc3ccccc3)[C@H](O)CNCc3cncc(C(C)C)c3)cc(C(F)F)c2)n1. The first-order chi connectivity index (χ1) is 22.6. The summed E-state index contributed by atoms with van der Waals surface area (Å²) in [5, 5.41) is 20.1. The van der Waals surface area contributed by atoms with Crippen molar-refractivity contribution in [3.63, 3.8) is 0 Å². The maximum Gasteiger partial charge on any atom is 0.263 e. The van der Waals surface area contributed by atoms with Crippen LogP contribution in [0, 0.1) is 6.92 Å². The summed E-state index contributed by atoms with van der Waals surface area (Å²) in [6.07, 6.45) is 1.52. The van der Waals surface area contributed by atoms with Gasteiger partial charge in [-0.15, -0.1) is 11.3 Å². The molecule has 248 valence electrons. The molecule has 3 atom stereocenters. The number of rotatable bonds is 13. The number of aromatic nitrogens is 2. The van der Waals surface area contributed by atoms with Crippen molar-refractivity contribution < 1.29 is 23.5 Å². The van der Waals surface area contributed by atoms with Crippen LogP contribution >= 0.6 is 11.3 Å². The number of nitrogens with zero attached hydrogens (tertiary/aromatic N) is 3. The summed E-state index contributed by atoms with van der Waals surface area (Å²) in [5.41, 5.74) is 3.37. The molecule has 2 amide bonds. The van der Waals surface area contributed by atoms with E-state index in [2.05, 4.69) is 40.5 Å². The van der Waals surface area contributed by atoms with E-state index in [4.69, 9.17) is 0 Å². The summed E-state index contributed by atoms with van der Waals surface area (Å²) in [7, 11) is 0. The number of aryl methyl sites for hydroxylation is 1. The third-order valence-corrected chi connectivity index (χ3v) is 9.46. The highest BCUT2D eigenvalue weighted by Gasteiger charge is 2.33. The Morgan fingerprint density at radius 2 is 1.81 bits per heavy atom. The summed E-state index contributed by atoms with van der Waals surface area (Å²) >= 11 is 1.47. The van der Waals surface area contributed by atoms with Gasteiger partial charge < -0.3 is 20.6 Å². The van der Waals surface area contributed by atoms with Crippen LogP contribution < -0.4 is 10.6 Å². The Kier molecular flexibility index (Phi) is 11.4. The zero-order valence-corrected chi connectivity index (χ0v) is 27.6. The minimum Gasteiger partial charge on any atom is -0.390 e. The number of thiazole rings is 1. The largest absolute Gasteiger partial charge is 0.390 e. The fourth-order valence-corrected chi connectivity index (χ4v) is 6.76. The lowest BCUT2D eigenvalue weighted by molar-refractivity contribution is 0.0734. The topological polar surface area (TPSA) is 107 Å². The molecule has 4 aromatic rings. The number of aliphatic hydroxyl groups excluding tert-OH is 1. The molecule has 2 aromatic heterocycles. The Labute approximate surface area is 278 Å². The Bertz CT molecular complexity index is 1670. The van der Waals surface area contributed by atoms with E-state index in [0.717, 1.165) is 52.4 Å². The third kappa shape index (κ3) is 8.85. The molecular formula is C36H41F2N5O3S. The Morgan fingerprint density at radius 1 is 1.04 bits per heavy atom. The van der Waals surface area contributed by atoms with Gasteiger partial charge in [-0.1, -0.05) is 50.2 Å². The maximum absolute atomic E-state index is 14.1. The Morgan fingerprint density at radius 3 is 2.51 bits per heavy atom. The van der Waals surface area contributed by atoms with Gasteiger partial charge in [-0.2, -0.15) is 0 Å². The van der Waals surface area contributed by atoms with Gasteiger partial charge in [-0.05, 0) is 67.0 Å². The highest BCUT2D eigenvalue weighted by atomic mass is 32.1. The van der Waals surface area contributed by atoms with E-state index in [9.17, 15) is 23.5 Å². The minimum atomic E-state index is -2.89. The number of alkyl halides is 2. The number of nitrogens with one attached hydrogen (secondary N) is 2. The van der Waals surface area contributed by atoms with Crippen molar-refractivity contribution in [3.05, 3.63) is 116 Å². The molecular weight excluding hydrogens is 620 g/mol. The van der Waals surface area contributed by atoms with Gasteiger partial charge >= 0.3 is 0 Å². The van der Waals surface area contributed by atoms with Crippen molar-refractivity contribution in [1.82, 2.24) is 25.5 Å². The van der Waals surface area contributed by atoms with E-state index < -0.39 is 35.9 Å². The quantitative estimate of drug-likeness (QED) is 0.154. The monoisotopic (exact) mass is 661 g/mol. The first kappa shape index (κ1) is 34.3. The normalized spacial score (nSPS) is 16.1. The Hall–Kier alpha value is -4.06. The first-order valence-electron chi connectivity index (χ1n) is 15.9. The minimum absolute atomic E-state index is 0.0205. The predicted octanol–water partition coefficient (Wildman–Crippen LogP) is 6.38. The van der Waals surface area contributed by atoms with E-state index in [1.165, 1.54) is 17.4 Å². The number of carbonyl (C=O) groups excluding carboxylic acids is 2. The van der Waals surface area contributed by atoms with Gasteiger partial charge in [0.1, 0.15) is 5.01 Å². The smallest absolute Gasteiger partial charge is 0.263 e. The molecule has 0 spiro atoms. The second kappa shape index (κ2) is 15.7. The number of aliphatic hydroxyl groups is 1. The van der Waals surface area contributed by atoms with Crippen LogP contribution in [0.5, 0.6) is 0 Å². The molecule has 8 nitrogen and oxygen atoms in total. The highest BCUT2D eigenvalue weighted by molar-refractivity contribution is 7.09. The van der Waals surface area contributed by atoms with E-state index in [-0.39, 0.29) is 23.7 Å². The summed E-state index contributed by atoms with van der Waals surface area (Å²) < 4.78 is 28.2. The second-order valence-corrected chi connectivity index (χ2v) is 13.3. The molecule has 0 radical (unpaired) electrons. The van der Waals surface area contributed by atoms with Crippen molar-refractivity contribution in [2.45, 2.75) is 77.1 Å². The molecule has 1 fully saturated rings. The molecule has 1 aliphatic heterocycles. The molecule has 11 heteroatoms. The molecule has 1 unspecified atom stereocenters. The van der Waals surface area contributed by atoms with E-state index >= 15 is 0 Å². The van der Waals surface area contributed by atoms with Crippen molar-refractivity contribution in [2.24, 2.45) is 0 Å². The molecule has 5 rings (SSSR count). The second-order valence-electron chi connectivity index (χ2n) is 12.4. The molecule has 0 bridgehead atoms. The fourth-order valence-electron chi connectivity index (χ4n) is 5.82. The molecule has 47 heavy (non-hydrogen) atoms. The zero-order valence-electron chi connectivity index (χ0n) is 26.8. The number of hydrogen-bond acceptors (Lipinski definition) is 7. The Balaban J connectivity index is 1.34. The average molecular weight is 662 g/mol. The molecule has 2 aromatic carbocycles. The van der Waals surface area contributed by atoms with Crippen molar-refractivity contribution in [3.8, 4) is 0 Å². The van der Waals surface area contributed by atoms with Gasteiger partial charge in [0, 0.05) is 59.8 Å². The van der Waals surface area contributed by atoms with Gasteiger partial charge in [-0.3, -0.25) is 14.6 Å². The van der Waals surface area contributed by atoms with Crippen LogP contribution in [0.4, 0.5) is 8.78 Å². The molecule has 3 N–H and O–H groups in total. The zero-order chi connectivity index (χ0) is 33.5. The van der Waals surface area contributed by atoms with Crippen molar-refractivity contribution in [1.29, 1.82) is 0 Å². The lowest BCUT2D eigenvalue weighted by atomic mass is 9.99. The van der Waals surface area contributed by atoms with E-state index in [1.807, 2.05) is 48.8 Å². The van der Waals surface area contributed by atoms with Gasteiger partial charge in [-0.25, -0.2) is 13.8 Å². The van der Waals surface area contributed by atoms with E-state index in [1.54, 1.807) is 11.1 Å². The summed E-state index contributed by atoms with van der Waals surface area (Å²) in [6, 6.07) is 14.1. The van der Waals surface area contributed by atoms with Crippen LogP contribution in [-0.4, -0.2) is 57.0 Å². The van der Waals surface area contributed by atoms with Crippen LogP contribution in [0.15, 0.2) is 72.4 Å². The molecule has 3 heterocycles. The molecule has 1 saturated heterocycles. The standard InChI is InChI=1S/C36H41F2N5O3S/c1-22(2)29-12-25(17-39-19-29)18-40-20-32(44)30(13-24-8-5-4-6-9-24)42-34(45)27-14-26(33(37)38)15-28(16-27)36(46)43-11-7-10-31(43)35-41-23(3)21-47-35/h4-6,8-9,12,14-17,19,21-22,30-33,40,44H,7,10-11,13,18,20H2,1-3H3,(H,42,45)/t30-,31?,32+/m0/s1. The maximum atomic E-state index is 14.1. The molecule has 0 saturated carbocycles. The number of benzene rings is 2. The van der Waals surface area contributed by atoms with Crippen molar-refractivity contribution in [2.75, 3.05) is 13.1 Å². The molecule has 1 aliphatic rings. The lowest BCUT2D eigenvalue weighted by Crippen LogP contribution is -2.48. The summed E-state index contributed by atoms with van der Waals surface area (Å²) in [4.78, 5) is 37.9. The average Bonchev–Trinajstić information content (AvgIpc) is 3.73. The van der Waals surface area contributed by atoms with Gasteiger partial charge in [0.25, 0.3) is 18.2 Å². The number of halogens is 2. The van der Waals surface area contributed by atoms with Crippen LogP contribution in [0.1, 0.15) is 98.7 Å². The first-order valence-corrected chi connectivity index (χ1v) is 16.8. The molecule has 0 aliphatic carbocycles. The lowest BCUT2D eigenvalue weighted by Gasteiger charge is -2.26. The van der Waals surface area contributed by atoms with Crippen LogP contribution in [0.2, 0.25) is 0 Å². The predicted molar refractivity (Wildman–Crippen MR) is 179 cm³/mol. The highest BCUT2D eigenvalue weighted by Crippen LogP contribution is 2.35. The van der Waals surface area contributed by atoms with Gasteiger partial charge in [0.2, 0.25) is 0 Å².